The van der Waals surface area contributed by atoms with E-state index in [9.17, 15) is 0 Å². The van der Waals surface area contributed by atoms with E-state index < -0.39 is 0 Å². The van der Waals surface area contributed by atoms with Crippen LogP contribution in [-0.4, -0.2) is 18.6 Å². The molecule has 2 atom stereocenters. The van der Waals surface area contributed by atoms with Crippen LogP contribution >= 0.6 is 0 Å². The smallest absolute Gasteiger partial charge is 0.134 e. The highest BCUT2D eigenvalue weighted by molar-refractivity contribution is 5.80. The van der Waals surface area contributed by atoms with Crippen LogP contribution in [-0.2, 0) is 6.42 Å². The second-order valence-corrected chi connectivity index (χ2v) is 5.52. The van der Waals surface area contributed by atoms with Crippen LogP contribution in [0.3, 0.4) is 0 Å². The molecule has 1 aliphatic rings. The van der Waals surface area contributed by atoms with Gasteiger partial charge in [-0.2, -0.15) is 0 Å². The first kappa shape index (κ1) is 12.7. The van der Waals surface area contributed by atoms with Crippen molar-refractivity contribution in [3.63, 3.8) is 0 Å². The van der Waals surface area contributed by atoms with Gasteiger partial charge < -0.3 is 15.5 Å². The number of nitrogens with one attached hydrogen (secondary N) is 1. The Labute approximate surface area is 114 Å². The van der Waals surface area contributed by atoms with Crippen LogP contribution < -0.4 is 11.1 Å². The van der Waals surface area contributed by atoms with Crippen LogP contribution in [0.5, 0.6) is 0 Å². The molecule has 19 heavy (non-hydrogen) atoms. The molecule has 0 bridgehead atoms. The predicted octanol–water partition coefficient (Wildman–Crippen LogP) is 2.83. The lowest BCUT2D eigenvalue weighted by Crippen LogP contribution is -2.47. The molecule has 1 aliphatic carbocycles. The van der Waals surface area contributed by atoms with E-state index in [1.165, 1.54) is 30.2 Å². The Morgan fingerprint density at radius 1 is 1.21 bits per heavy atom. The van der Waals surface area contributed by atoms with Gasteiger partial charge in [-0.25, -0.2) is 0 Å². The maximum Gasteiger partial charge on any atom is 0.134 e. The minimum absolute atomic E-state index is 0.329. The summed E-state index contributed by atoms with van der Waals surface area (Å²) in [5, 5.41) is 4.84. The van der Waals surface area contributed by atoms with Gasteiger partial charge in [-0.15, -0.1) is 0 Å². The molecule has 102 valence electrons. The third kappa shape index (κ3) is 2.82. The number of fused-ring (bicyclic) bond motifs is 1. The Bertz CT molecular complexity index is 534. The van der Waals surface area contributed by atoms with Crippen LogP contribution in [0, 0.1) is 0 Å². The zero-order valence-electron chi connectivity index (χ0n) is 11.3. The average molecular weight is 258 g/mol. The molecule has 3 rings (SSSR count). The predicted molar refractivity (Wildman–Crippen MR) is 78.2 cm³/mol. The Kier molecular flexibility index (Phi) is 3.85. The third-order valence-electron chi connectivity index (χ3n) is 4.18. The fourth-order valence-corrected chi connectivity index (χ4v) is 3.03. The molecule has 1 aromatic carbocycles. The molecule has 0 saturated heterocycles. The molecule has 1 aromatic heterocycles. The number of hydrogen-bond acceptors (Lipinski definition) is 3. The average Bonchev–Trinajstić information content (AvgIpc) is 2.85. The van der Waals surface area contributed by atoms with Gasteiger partial charge in [-0.3, -0.25) is 0 Å². The Hall–Kier alpha value is -1.32. The van der Waals surface area contributed by atoms with Crippen molar-refractivity contribution in [2.45, 2.75) is 44.2 Å². The van der Waals surface area contributed by atoms with Crippen LogP contribution in [0.1, 0.15) is 31.2 Å². The van der Waals surface area contributed by atoms with E-state index in [2.05, 4.69) is 17.4 Å². The van der Waals surface area contributed by atoms with E-state index in [4.69, 9.17) is 10.2 Å². The molecule has 3 N–H and O–H groups in total. The zero-order chi connectivity index (χ0) is 13.1. The highest BCUT2D eigenvalue weighted by Gasteiger charge is 2.20. The second-order valence-electron chi connectivity index (χ2n) is 5.52. The summed E-state index contributed by atoms with van der Waals surface area (Å²) in [7, 11) is 0. The number of hydrogen-bond donors (Lipinski definition) is 2. The Morgan fingerprint density at radius 3 is 2.95 bits per heavy atom. The first-order valence-electron chi connectivity index (χ1n) is 7.28. The molecule has 0 aliphatic heterocycles. The number of furan rings is 1. The van der Waals surface area contributed by atoms with Gasteiger partial charge in [-0.05, 0) is 37.4 Å². The van der Waals surface area contributed by atoms with Crippen molar-refractivity contribution in [2.24, 2.45) is 5.73 Å². The van der Waals surface area contributed by atoms with E-state index in [1.54, 1.807) is 0 Å². The Balaban J connectivity index is 1.57. The van der Waals surface area contributed by atoms with E-state index in [0.29, 0.717) is 12.1 Å². The van der Waals surface area contributed by atoms with Crippen molar-refractivity contribution >= 4 is 11.0 Å². The fraction of sp³-hybridized carbons (Fsp3) is 0.500. The lowest BCUT2D eigenvalue weighted by molar-refractivity contribution is 0.329. The molecule has 1 saturated carbocycles. The van der Waals surface area contributed by atoms with Gasteiger partial charge in [0.25, 0.3) is 0 Å². The van der Waals surface area contributed by atoms with Gasteiger partial charge in [-0.1, -0.05) is 31.0 Å². The monoisotopic (exact) mass is 258 g/mol. The summed E-state index contributed by atoms with van der Waals surface area (Å²) in [5.74, 6) is 0. The molecular formula is C16H22N2O. The van der Waals surface area contributed by atoms with Gasteiger partial charge in [0.1, 0.15) is 5.58 Å². The largest absolute Gasteiger partial charge is 0.464 e. The van der Waals surface area contributed by atoms with Crippen molar-refractivity contribution in [1.82, 2.24) is 5.32 Å². The first-order chi connectivity index (χ1) is 9.34. The molecule has 1 fully saturated rings. The standard InChI is InChI=1S/C16H22N2O/c17-14-6-2-3-7-15(14)18-10-9-12-11-19-16-8-4-1-5-13(12)16/h1,4-5,8,11,14-15,18H,2-3,6-7,9-10,17H2. The van der Waals surface area contributed by atoms with Gasteiger partial charge >= 0.3 is 0 Å². The van der Waals surface area contributed by atoms with Crippen LogP contribution in [0.2, 0.25) is 0 Å². The SMILES string of the molecule is NC1CCCCC1NCCc1coc2ccccc12. The van der Waals surface area contributed by atoms with Gasteiger partial charge in [0, 0.05) is 17.5 Å². The van der Waals surface area contributed by atoms with E-state index >= 15 is 0 Å². The van der Waals surface area contributed by atoms with E-state index in [-0.39, 0.29) is 0 Å². The van der Waals surface area contributed by atoms with E-state index in [1.807, 2.05) is 18.4 Å². The van der Waals surface area contributed by atoms with E-state index in [0.717, 1.165) is 25.0 Å². The molecule has 2 aromatic rings. The highest BCUT2D eigenvalue weighted by Crippen LogP contribution is 2.21. The molecule has 3 nitrogen and oxygen atoms in total. The third-order valence-corrected chi connectivity index (χ3v) is 4.18. The zero-order valence-corrected chi connectivity index (χ0v) is 11.3. The normalized spacial score (nSPS) is 23.8. The lowest BCUT2D eigenvalue weighted by Gasteiger charge is -2.29. The summed E-state index contributed by atoms with van der Waals surface area (Å²) in [5.41, 5.74) is 8.41. The summed E-state index contributed by atoms with van der Waals surface area (Å²) in [6, 6.07) is 9.03. The topological polar surface area (TPSA) is 51.2 Å². The van der Waals surface area contributed by atoms with Crippen LogP contribution in [0.15, 0.2) is 34.9 Å². The van der Waals surface area contributed by atoms with Gasteiger partial charge in [0.05, 0.1) is 6.26 Å². The molecule has 1 heterocycles. The summed E-state index contributed by atoms with van der Waals surface area (Å²) >= 11 is 0. The molecular weight excluding hydrogens is 236 g/mol. The number of rotatable bonds is 4. The van der Waals surface area contributed by atoms with Gasteiger partial charge in [0.15, 0.2) is 0 Å². The molecule has 0 radical (unpaired) electrons. The summed E-state index contributed by atoms with van der Waals surface area (Å²) in [4.78, 5) is 0. The highest BCUT2D eigenvalue weighted by atomic mass is 16.3. The van der Waals surface area contributed by atoms with Crippen LogP contribution in [0.25, 0.3) is 11.0 Å². The van der Waals surface area contributed by atoms with Crippen molar-refractivity contribution in [3.8, 4) is 0 Å². The summed E-state index contributed by atoms with van der Waals surface area (Å²) < 4.78 is 5.56. The first-order valence-corrected chi connectivity index (χ1v) is 7.28. The maximum absolute atomic E-state index is 6.15. The molecule has 3 heteroatoms. The Morgan fingerprint density at radius 2 is 2.05 bits per heavy atom. The summed E-state index contributed by atoms with van der Waals surface area (Å²) in [6.07, 6.45) is 7.85. The van der Waals surface area contributed by atoms with Crippen molar-refractivity contribution in [3.05, 3.63) is 36.1 Å². The summed E-state index contributed by atoms with van der Waals surface area (Å²) in [6.45, 7) is 0.974. The minimum Gasteiger partial charge on any atom is -0.464 e. The number of benzene rings is 1. The number of para-hydroxylation sites is 1. The van der Waals surface area contributed by atoms with Crippen molar-refractivity contribution in [2.75, 3.05) is 6.54 Å². The quantitative estimate of drug-likeness (QED) is 0.886. The minimum atomic E-state index is 0.329. The fourth-order valence-electron chi connectivity index (χ4n) is 3.03. The number of nitrogens with two attached hydrogens (primary N) is 1. The van der Waals surface area contributed by atoms with Crippen molar-refractivity contribution in [1.29, 1.82) is 0 Å². The van der Waals surface area contributed by atoms with Crippen molar-refractivity contribution < 1.29 is 4.42 Å². The molecule has 0 amide bonds. The lowest BCUT2D eigenvalue weighted by atomic mass is 9.91. The van der Waals surface area contributed by atoms with Crippen LogP contribution in [0.4, 0.5) is 0 Å². The molecule has 2 unspecified atom stereocenters. The second kappa shape index (κ2) is 5.76. The van der Waals surface area contributed by atoms with Gasteiger partial charge in [0.2, 0.25) is 0 Å². The molecule has 0 spiro atoms. The maximum atomic E-state index is 6.15.